The standard InChI is InChI=1S/C10H11N/c1-2-9(1)3-4-10-5-7-11-8-6-10/h3-9H,1-2H2/b4-3-. The van der Waals surface area contributed by atoms with Crippen molar-refractivity contribution in [1.82, 2.24) is 4.98 Å². The van der Waals surface area contributed by atoms with Crippen molar-refractivity contribution in [2.45, 2.75) is 12.8 Å². The number of rotatable bonds is 2. The number of hydrogen-bond donors (Lipinski definition) is 0. The SMILES string of the molecule is C(=C/C1CC1)/c1ccncc1. The van der Waals surface area contributed by atoms with Crippen molar-refractivity contribution in [3.63, 3.8) is 0 Å². The van der Waals surface area contributed by atoms with Crippen LogP contribution < -0.4 is 0 Å². The Labute approximate surface area is 66.8 Å². The first-order valence-electron chi connectivity index (χ1n) is 4.03. The monoisotopic (exact) mass is 145 g/mol. The topological polar surface area (TPSA) is 12.9 Å². The summed E-state index contributed by atoms with van der Waals surface area (Å²) >= 11 is 0. The van der Waals surface area contributed by atoms with Gasteiger partial charge in [0, 0.05) is 12.4 Å². The molecule has 0 spiro atoms. The van der Waals surface area contributed by atoms with Crippen LogP contribution in [0, 0.1) is 5.92 Å². The molecule has 0 atom stereocenters. The Hall–Kier alpha value is -1.11. The summed E-state index contributed by atoms with van der Waals surface area (Å²) in [5, 5.41) is 0. The first-order chi connectivity index (χ1) is 5.45. The minimum Gasteiger partial charge on any atom is -0.265 e. The Balaban J connectivity index is 2.05. The van der Waals surface area contributed by atoms with Crippen LogP contribution in [0.1, 0.15) is 18.4 Å². The Morgan fingerprint density at radius 2 is 2.00 bits per heavy atom. The van der Waals surface area contributed by atoms with Gasteiger partial charge < -0.3 is 0 Å². The zero-order valence-electron chi connectivity index (χ0n) is 6.40. The van der Waals surface area contributed by atoms with Crippen LogP contribution in [0.15, 0.2) is 30.6 Å². The molecule has 0 aliphatic heterocycles. The summed E-state index contributed by atoms with van der Waals surface area (Å²) in [6.07, 6.45) is 10.9. The van der Waals surface area contributed by atoms with Gasteiger partial charge in [-0.2, -0.15) is 0 Å². The highest BCUT2D eigenvalue weighted by molar-refractivity contribution is 5.48. The van der Waals surface area contributed by atoms with Gasteiger partial charge >= 0.3 is 0 Å². The molecule has 0 bridgehead atoms. The van der Waals surface area contributed by atoms with Crippen LogP contribution in [-0.2, 0) is 0 Å². The van der Waals surface area contributed by atoms with Crippen molar-refractivity contribution >= 4 is 6.08 Å². The smallest absolute Gasteiger partial charge is 0.0273 e. The second kappa shape index (κ2) is 2.87. The fourth-order valence-corrected chi connectivity index (χ4v) is 1.01. The first-order valence-corrected chi connectivity index (χ1v) is 4.03. The van der Waals surface area contributed by atoms with E-state index in [1.807, 2.05) is 24.5 Å². The molecule has 1 aliphatic rings. The third-order valence-corrected chi connectivity index (χ3v) is 1.89. The largest absolute Gasteiger partial charge is 0.265 e. The van der Waals surface area contributed by atoms with E-state index in [0.717, 1.165) is 5.92 Å². The van der Waals surface area contributed by atoms with Crippen LogP contribution in [0.5, 0.6) is 0 Å². The van der Waals surface area contributed by atoms with Gasteiger partial charge in [0.2, 0.25) is 0 Å². The summed E-state index contributed by atoms with van der Waals surface area (Å²) in [5.74, 6) is 0.864. The summed E-state index contributed by atoms with van der Waals surface area (Å²) in [6, 6.07) is 4.05. The molecule has 0 amide bonds. The third kappa shape index (κ3) is 1.90. The van der Waals surface area contributed by atoms with Gasteiger partial charge in [-0.25, -0.2) is 0 Å². The van der Waals surface area contributed by atoms with E-state index in [2.05, 4.69) is 17.1 Å². The Morgan fingerprint density at radius 3 is 2.64 bits per heavy atom. The molecule has 0 unspecified atom stereocenters. The molecular weight excluding hydrogens is 134 g/mol. The molecule has 0 aromatic carbocycles. The predicted molar refractivity (Wildman–Crippen MR) is 46.0 cm³/mol. The molecule has 1 aromatic rings. The zero-order valence-corrected chi connectivity index (χ0v) is 6.40. The normalized spacial score (nSPS) is 17.5. The molecule has 1 fully saturated rings. The maximum Gasteiger partial charge on any atom is 0.0273 e. The van der Waals surface area contributed by atoms with E-state index in [0.29, 0.717) is 0 Å². The summed E-state index contributed by atoms with van der Waals surface area (Å²) in [7, 11) is 0. The fraction of sp³-hybridized carbons (Fsp3) is 0.300. The van der Waals surface area contributed by atoms with Gasteiger partial charge in [-0.1, -0.05) is 12.2 Å². The Bertz CT molecular complexity index is 247. The van der Waals surface area contributed by atoms with Gasteiger partial charge in [-0.3, -0.25) is 4.98 Å². The number of nitrogens with zero attached hydrogens (tertiary/aromatic N) is 1. The second-order valence-corrected chi connectivity index (χ2v) is 2.98. The Morgan fingerprint density at radius 1 is 1.27 bits per heavy atom. The van der Waals surface area contributed by atoms with E-state index in [4.69, 9.17) is 0 Å². The van der Waals surface area contributed by atoms with Crippen LogP contribution in [-0.4, -0.2) is 4.98 Å². The maximum atomic E-state index is 3.95. The van der Waals surface area contributed by atoms with Crippen LogP contribution in [0.3, 0.4) is 0 Å². The molecule has 1 heteroatoms. The number of allylic oxidation sites excluding steroid dienone is 1. The average molecular weight is 145 g/mol. The van der Waals surface area contributed by atoms with Crippen LogP contribution in [0.2, 0.25) is 0 Å². The highest BCUT2D eigenvalue weighted by Gasteiger charge is 2.16. The Kier molecular flexibility index (Phi) is 1.72. The highest BCUT2D eigenvalue weighted by Crippen LogP contribution is 2.30. The molecule has 1 aromatic heterocycles. The van der Waals surface area contributed by atoms with Gasteiger partial charge in [-0.15, -0.1) is 0 Å². The van der Waals surface area contributed by atoms with E-state index >= 15 is 0 Å². The molecular formula is C10H11N. The first kappa shape index (κ1) is 6.59. The number of pyridine rings is 1. The molecule has 1 aliphatic carbocycles. The van der Waals surface area contributed by atoms with Crippen LogP contribution >= 0.6 is 0 Å². The quantitative estimate of drug-likeness (QED) is 0.623. The molecule has 11 heavy (non-hydrogen) atoms. The summed E-state index contributed by atoms with van der Waals surface area (Å²) in [4.78, 5) is 3.95. The highest BCUT2D eigenvalue weighted by atomic mass is 14.6. The summed E-state index contributed by atoms with van der Waals surface area (Å²) in [5.41, 5.74) is 1.26. The molecule has 0 radical (unpaired) electrons. The average Bonchev–Trinajstić information content (AvgIpc) is 2.86. The lowest BCUT2D eigenvalue weighted by molar-refractivity contribution is 1.13. The van der Waals surface area contributed by atoms with E-state index in [1.165, 1.54) is 18.4 Å². The van der Waals surface area contributed by atoms with Crippen molar-refractivity contribution in [2.75, 3.05) is 0 Å². The van der Waals surface area contributed by atoms with Crippen molar-refractivity contribution in [1.29, 1.82) is 0 Å². The minimum atomic E-state index is 0.864. The fourth-order valence-electron chi connectivity index (χ4n) is 1.01. The number of aromatic nitrogens is 1. The lowest BCUT2D eigenvalue weighted by Gasteiger charge is -1.88. The lowest BCUT2D eigenvalue weighted by atomic mass is 10.2. The van der Waals surface area contributed by atoms with Crippen molar-refractivity contribution in [3.05, 3.63) is 36.2 Å². The van der Waals surface area contributed by atoms with Gasteiger partial charge in [0.25, 0.3) is 0 Å². The van der Waals surface area contributed by atoms with E-state index in [9.17, 15) is 0 Å². The van der Waals surface area contributed by atoms with Crippen molar-refractivity contribution < 1.29 is 0 Å². The number of hydrogen-bond acceptors (Lipinski definition) is 1. The maximum absolute atomic E-state index is 3.95. The summed E-state index contributed by atoms with van der Waals surface area (Å²) in [6.45, 7) is 0. The lowest BCUT2D eigenvalue weighted by Crippen LogP contribution is -1.72. The van der Waals surface area contributed by atoms with Gasteiger partial charge in [-0.05, 0) is 36.5 Å². The van der Waals surface area contributed by atoms with Crippen LogP contribution in [0.4, 0.5) is 0 Å². The molecule has 56 valence electrons. The minimum absolute atomic E-state index is 0.864. The molecule has 1 nitrogen and oxygen atoms in total. The summed E-state index contributed by atoms with van der Waals surface area (Å²) < 4.78 is 0. The molecule has 1 heterocycles. The second-order valence-electron chi connectivity index (χ2n) is 2.98. The molecule has 1 saturated carbocycles. The predicted octanol–water partition coefficient (Wildman–Crippen LogP) is 2.50. The van der Waals surface area contributed by atoms with Crippen molar-refractivity contribution in [3.8, 4) is 0 Å². The van der Waals surface area contributed by atoms with E-state index in [1.54, 1.807) is 0 Å². The molecule has 2 rings (SSSR count). The van der Waals surface area contributed by atoms with E-state index < -0.39 is 0 Å². The van der Waals surface area contributed by atoms with Gasteiger partial charge in [0.05, 0.1) is 0 Å². The van der Waals surface area contributed by atoms with Gasteiger partial charge in [0.15, 0.2) is 0 Å². The third-order valence-electron chi connectivity index (χ3n) is 1.89. The van der Waals surface area contributed by atoms with E-state index in [-0.39, 0.29) is 0 Å². The van der Waals surface area contributed by atoms with Crippen LogP contribution in [0.25, 0.3) is 6.08 Å². The van der Waals surface area contributed by atoms with Crippen molar-refractivity contribution in [2.24, 2.45) is 5.92 Å². The molecule has 0 N–H and O–H groups in total. The van der Waals surface area contributed by atoms with Gasteiger partial charge in [0.1, 0.15) is 0 Å². The molecule has 0 saturated heterocycles. The zero-order chi connectivity index (χ0) is 7.52.